The number of rotatable bonds is 5. The van der Waals surface area contributed by atoms with E-state index in [1.807, 2.05) is 17.9 Å². The third-order valence-corrected chi connectivity index (χ3v) is 4.76. The molecule has 0 unspecified atom stereocenters. The van der Waals surface area contributed by atoms with Gasteiger partial charge in [0.2, 0.25) is 0 Å². The number of hydrogen-bond donors (Lipinski definition) is 1. The molecule has 0 spiro atoms. The first kappa shape index (κ1) is 21.7. The fourth-order valence-electron chi connectivity index (χ4n) is 3.39. The zero-order valence-corrected chi connectivity index (χ0v) is 18.9. The van der Waals surface area contributed by atoms with Crippen molar-refractivity contribution in [1.29, 1.82) is 0 Å². The van der Waals surface area contributed by atoms with Gasteiger partial charge in [-0.1, -0.05) is 29.8 Å². The van der Waals surface area contributed by atoms with Crippen molar-refractivity contribution in [2.75, 3.05) is 39.8 Å². The summed E-state index contributed by atoms with van der Waals surface area (Å²) in [5, 5.41) is 7.79. The molecule has 6 nitrogen and oxygen atoms in total. The van der Waals surface area contributed by atoms with E-state index < -0.39 is 0 Å². The van der Waals surface area contributed by atoms with E-state index >= 15 is 0 Å². The maximum Gasteiger partial charge on any atom is 0.193 e. The van der Waals surface area contributed by atoms with Crippen LogP contribution in [0.3, 0.4) is 0 Å². The summed E-state index contributed by atoms with van der Waals surface area (Å²) < 4.78 is 1.97. The van der Waals surface area contributed by atoms with Crippen LogP contribution in [0.4, 0.5) is 0 Å². The Morgan fingerprint density at radius 3 is 2.56 bits per heavy atom. The Hall–Kier alpha value is -1.61. The summed E-state index contributed by atoms with van der Waals surface area (Å²) in [7, 11) is 1.86. The lowest BCUT2D eigenvalue weighted by Crippen LogP contribution is -2.52. The molecule has 7 heteroatoms. The van der Waals surface area contributed by atoms with Crippen LogP contribution < -0.4 is 5.32 Å². The minimum Gasteiger partial charge on any atom is -0.354 e. The second-order valence-corrected chi connectivity index (χ2v) is 7.01. The Bertz CT molecular complexity index is 734. The lowest BCUT2D eigenvalue weighted by molar-refractivity contribution is 0.172. The maximum atomic E-state index is 4.45. The third kappa shape index (κ3) is 6.49. The van der Waals surface area contributed by atoms with Gasteiger partial charge in [-0.15, -0.1) is 24.0 Å². The highest BCUT2D eigenvalue weighted by atomic mass is 127. The highest BCUT2D eigenvalue weighted by Gasteiger charge is 2.19. The van der Waals surface area contributed by atoms with E-state index in [0.29, 0.717) is 0 Å². The van der Waals surface area contributed by atoms with Gasteiger partial charge in [-0.2, -0.15) is 5.10 Å². The van der Waals surface area contributed by atoms with Gasteiger partial charge in [0.05, 0.1) is 12.7 Å². The van der Waals surface area contributed by atoms with Gasteiger partial charge in [-0.25, -0.2) is 0 Å². The Balaban J connectivity index is 0.00000261. The van der Waals surface area contributed by atoms with Crippen molar-refractivity contribution in [3.63, 3.8) is 0 Å². The number of aromatic nitrogens is 2. The lowest BCUT2D eigenvalue weighted by atomic mass is 10.1. The number of aliphatic imine (C=N–C) groups is 1. The van der Waals surface area contributed by atoms with Crippen molar-refractivity contribution in [2.45, 2.75) is 26.9 Å². The Kier molecular flexibility index (Phi) is 8.56. The van der Waals surface area contributed by atoms with E-state index in [2.05, 4.69) is 69.5 Å². The molecule has 27 heavy (non-hydrogen) atoms. The molecule has 0 bridgehead atoms. The molecule has 1 fully saturated rings. The van der Waals surface area contributed by atoms with Crippen molar-refractivity contribution in [2.24, 2.45) is 4.99 Å². The molecule has 2 heterocycles. The average molecular weight is 482 g/mol. The van der Waals surface area contributed by atoms with E-state index in [4.69, 9.17) is 0 Å². The Labute approximate surface area is 179 Å². The molecule has 1 aromatic heterocycles. The molecule has 1 aliphatic heterocycles. The standard InChI is InChI=1S/C20H30N6.HI/c1-17-5-4-6-19(13-17)16-24-9-11-25(12-10-24)20(21-3)22-7-8-26-15-18(2)14-23-26;/h4-6,13-15H,7-12,16H2,1-3H3,(H,21,22);1H. The number of aryl methyl sites for hydroxylation is 2. The van der Waals surface area contributed by atoms with Gasteiger partial charge >= 0.3 is 0 Å². The van der Waals surface area contributed by atoms with Crippen LogP contribution in [0.5, 0.6) is 0 Å². The molecule has 148 valence electrons. The zero-order valence-electron chi connectivity index (χ0n) is 16.6. The molecule has 1 aromatic carbocycles. The Morgan fingerprint density at radius 1 is 1.15 bits per heavy atom. The fourth-order valence-corrected chi connectivity index (χ4v) is 3.39. The molecule has 1 aliphatic rings. The van der Waals surface area contributed by atoms with Crippen molar-refractivity contribution in [3.05, 3.63) is 53.3 Å². The van der Waals surface area contributed by atoms with Crippen molar-refractivity contribution >= 4 is 29.9 Å². The molecule has 2 aromatic rings. The number of nitrogens with one attached hydrogen (secondary N) is 1. The summed E-state index contributed by atoms with van der Waals surface area (Å²) in [4.78, 5) is 9.32. The van der Waals surface area contributed by atoms with Crippen LogP contribution >= 0.6 is 24.0 Å². The average Bonchev–Trinajstić information content (AvgIpc) is 3.05. The number of halogens is 1. The Morgan fingerprint density at radius 2 is 1.93 bits per heavy atom. The molecule has 0 atom stereocenters. The third-order valence-electron chi connectivity index (χ3n) is 4.76. The van der Waals surface area contributed by atoms with Crippen molar-refractivity contribution < 1.29 is 0 Å². The van der Waals surface area contributed by atoms with Crippen LogP contribution in [0.15, 0.2) is 41.7 Å². The molecule has 0 amide bonds. The van der Waals surface area contributed by atoms with Gasteiger partial charge in [0, 0.05) is 52.5 Å². The van der Waals surface area contributed by atoms with Crippen molar-refractivity contribution in [1.82, 2.24) is 24.9 Å². The highest BCUT2D eigenvalue weighted by Crippen LogP contribution is 2.10. The normalized spacial score (nSPS) is 15.5. The van der Waals surface area contributed by atoms with E-state index in [-0.39, 0.29) is 24.0 Å². The molecule has 0 radical (unpaired) electrons. The van der Waals surface area contributed by atoms with E-state index in [1.165, 1.54) is 16.7 Å². The summed E-state index contributed by atoms with van der Waals surface area (Å²) in [6, 6.07) is 8.80. The van der Waals surface area contributed by atoms with E-state index in [0.717, 1.165) is 51.8 Å². The SMILES string of the molecule is CN=C(NCCn1cc(C)cn1)N1CCN(Cc2cccc(C)c2)CC1.I. The van der Waals surface area contributed by atoms with Gasteiger partial charge in [0.15, 0.2) is 5.96 Å². The second-order valence-electron chi connectivity index (χ2n) is 7.01. The first-order valence-corrected chi connectivity index (χ1v) is 9.36. The summed E-state index contributed by atoms with van der Waals surface area (Å²) >= 11 is 0. The number of benzene rings is 1. The number of nitrogens with zero attached hydrogens (tertiary/aromatic N) is 5. The van der Waals surface area contributed by atoms with Crippen LogP contribution in [-0.2, 0) is 13.1 Å². The minimum atomic E-state index is 0. The van der Waals surface area contributed by atoms with Crippen LogP contribution in [0.2, 0.25) is 0 Å². The first-order valence-electron chi connectivity index (χ1n) is 9.36. The number of hydrogen-bond acceptors (Lipinski definition) is 3. The smallest absolute Gasteiger partial charge is 0.193 e. The van der Waals surface area contributed by atoms with Gasteiger partial charge in [0.25, 0.3) is 0 Å². The summed E-state index contributed by atoms with van der Waals surface area (Å²) in [6.07, 6.45) is 3.96. The van der Waals surface area contributed by atoms with Crippen LogP contribution in [0.25, 0.3) is 0 Å². The molecule has 3 rings (SSSR count). The fraction of sp³-hybridized carbons (Fsp3) is 0.500. The lowest BCUT2D eigenvalue weighted by Gasteiger charge is -2.36. The second kappa shape index (κ2) is 10.7. The number of guanidine groups is 1. The molecule has 0 aliphatic carbocycles. The maximum absolute atomic E-state index is 4.45. The predicted molar refractivity (Wildman–Crippen MR) is 122 cm³/mol. The van der Waals surface area contributed by atoms with Crippen LogP contribution in [0.1, 0.15) is 16.7 Å². The summed E-state index contributed by atoms with van der Waals surface area (Å²) in [5.41, 5.74) is 3.92. The summed E-state index contributed by atoms with van der Waals surface area (Å²) in [5.74, 6) is 0.990. The van der Waals surface area contributed by atoms with Gasteiger partial charge in [0.1, 0.15) is 0 Å². The van der Waals surface area contributed by atoms with E-state index in [1.54, 1.807) is 0 Å². The number of piperazine rings is 1. The minimum absolute atomic E-state index is 0. The van der Waals surface area contributed by atoms with Crippen LogP contribution in [0, 0.1) is 13.8 Å². The highest BCUT2D eigenvalue weighted by molar-refractivity contribution is 14.0. The quantitative estimate of drug-likeness (QED) is 0.405. The topological polar surface area (TPSA) is 48.7 Å². The van der Waals surface area contributed by atoms with Crippen LogP contribution in [-0.4, -0.2) is 65.3 Å². The monoisotopic (exact) mass is 482 g/mol. The molecule has 1 saturated heterocycles. The predicted octanol–water partition coefficient (Wildman–Crippen LogP) is 2.51. The summed E-state index contributed by atoms with van der Waals surface area (Å²) in [6.45, 7) is 11.1. The first-order chi connectivity index (χ1) is 12.6. The van der Waals surface area contributed by atoms with Crippen molar-refractivity contribution in [3.8, 4) is 0 Å². The molecule has 1 N–H and O–H groups in total. The van der Waals surface area contributed by atoms with Gasteiger partial charge in [-0.05, 0) is 25.0 Å². The van der Waals surface area contributed by atoms with Gasteiger partial charge in [-0.3, -0.25) is 14.6 Å². The molecular weight excluding hydrogens is 451 g/mol. The van der Waals surface area contributed by atoms with E-state index in [9.17, 15) is 0 Å². The zero-order chi connectivity index (χ0) is 18.4. The van der Waals surface area contributed by atoms with Gasteiger partial charge < -0.3 is 10.2 Å². The molecule has 0 saturated carbocycles. The molecular formula is C20H31IN6. The largest absolute Gasteiger partial charge is 0.354 e.